The van der Waals surface area contributed by atoms with Gasteiger partial charge in [0.25, 0.3) is 0 Å². The van der Waals surface area contributed by atoms with Gasteiger partial charge in [-0.1, -0.05) is 11.6 Å². The van der Waals surface area contributed by atoms with Crippen LogP contribution in [0.4, 0.5) is 0 Å². The van der Waals surface area contributed by atoms with Gasteiger partial charge in [-0.3, -0.25) is 11.8 Å². The van der Waals surface area contributed by atoms with Crippen molar-refractivity contribution in [3.8, 4) is 5.75 Å². The fourth-order valence-electron chi connectivity index (χ4n) is 3.17. The van der Waals surface area contributed by atoms with E-state index in [1.807, 2.05) is 0 Å². The minimum Gasteiger partial charge on any atom is -0.485 e. The Labute approximate surface area is 194 Å². The predicted octanol–water partition coefficient (Wildman–Crippen LogP) is 2.45. The van der Waals surface area contributed by atoms with Gasteiger partial charge in [-0.05, 0) is 56.3 Å². The Kier molecular flexibility index (Phi) is 7.86. The number of carbonyl (C=O) groups is 1. The molecule has 1 heterocycles. The number of fused-ring (bicyclic) bond motifs is 1. The zero-order valence-corrected chi connectivity index (χ0v) is 19.4. The zero-order chi connectivity index (χ0) is 21.4. The van der Waals surface area contributed by atoms with Crippen LogP contribution < -0.4 is 14.8 Å². The molecule has 2 aromatic rings. The summed E-state index contributed by atoms with van der Waals surface area (Å²) in [6.07, 6.45) is -1.20. The molecule has 0 unspecified atom stereocenters. The first-order valence-electron chi connectivity index (χ1n) is 8.87. The van der Waals surface area contributed by atoms with E-state index in [1.54, 1.807) is 26.0 Å². The normalized spacial score (nSPS) is 19.9. The second-order valence-electron chi connectivity index (χ2n) is 7.31. The Hall–Kier alpha value is -1.31. The Balaban J connectivity index is 0.00000320. The maximum Gasteiger partial charge on any atom is 0.241 e. The Morgan fingerprint density at radius 1 is 1.23 bits per heavy atom. The maximum absolute atomic E-state index is 12.9. The van der Waals surface area contributed by atoms with Crippen molar-refractivity contribution >= 4 is 27.4 Å². The fraction of sp³-hybridized carbons (Fsp3) is 0.300. The van der Waals surface area contributed by atoms with E-state index >= 15 is 0 Å². The second kappa shape index (κ2) is 9.45. The Bertz CT molecular complexity index is 1030. The molecule has 0 saturated carbocycles. The van der Waals surface area contributed by atoms with E-state index in [4.69, 9.17) is 16.3 Å². The first-order chi connectivity index (χ1) is 13.5. The van der Waals surface area contributed by atoms with E-state index in [2.05, 4.69) is 17.1 Å². The van der Waals surface area contributed by atoms with Crippen molar-refractivity contribution in [1.82, 2.24) is 10.0 Å². The van der Waals surface area contributed by atoms with Crippen LogP contribution in [0.5, 0.6) is 5.75 Å². The third-order valence-corrected chi connectivity index (χ3v) is 6.47. The molecule has 166 valence electrons. The summed E-state index contributed by atoms with van der Waals surface area (Å²) in [7, 11) is -0.541. The number of ether oxygens (including phenoxy) is 1. The molecular weight excluding hydrogens is 522 g/mol. The summed E-state index contributed by atoms with van der Waals surface area (Å²) >= 11 is 5.84. The van der Waals surface area contributed by atoms with Crippen LogP contribution in [0, 0.1) is 7.05 Å². The molecule has 30 heavy (non-hydrogen) atoms. The van der Waals surface area contributed by atoms with Crippen LogP contribution in [0.3, 0.4) is 0 Å². The molecule has 0 bridgehead atoms. The summed E-state index contributed by atoms with van der Waals surface area (Å²) < 4.78 is 34.2. The molecule has 3 N–H and O–H groups in total. The molecule has 0 radical (unpaired) electrons. The first-order valence-corrected chi connectivity index (χ1v) is 10.7. The molecule has 2 aromatic carbocycles. The van der Waals surface area contributed by atoms with Gasteiger partial charge >= 0.3 is 0 Å². The fourth-order valence-corrected chi connectivity index (χ4v) is 4.51. The Morgan fingerprint density at radius 3 is 2.47 bits per heavy atom. The third kappa shape index (κ3) is 5.11. The molecule has 3 rings (SSSR count). The van der Waals surface area contributed by atoms with E-state index in [0.717, 1.165) is 0 Å². The summed E-state index contributed by atoms with van der Waals surface area (Å²) in [5.41, 5.74) is -0.323. The van der Waals surface area contributed by atoms with Crippen LogP contribution in [0.15, 0.2) is 47.4 Å². The smallest absolute Gasteiger partial charge is 0.241 e. The standard InChI is InChI=1S/C20H22ClN2O5S.Pd/c1-20(2)19(25)18(23-29(26,27)14-7-5-13(21)6-8-14)15-10-12(16(24)11-22-3)4-9-17(15)28-20;/h4-10,18-19,22-23,25H,3,11H2,1-2H3;/q-1;/t18-,19+;/m1./s1. The average molecular weight is 544 g/mol. The summed E-state index contributed by atoms with van der Waals surface area (Å²) in [6.45, 7) is 3.35. The molecule has 10 heteroatoms. The van der Waals surface area contributed by atoms with Crippen LogP contribution >= 0.6 is 11.6 Å². The molecule has 0 aliphatic carbocycles. The summed E-state index contributed by atoms with van der Waals surface area (Å²) in [5.74, 6) is 0.171. The van der Waals surface area contributed by atoms with Crippen LogP contribution in [0.25, 0.3) is 0 Å². The van der Waals surface area contributed by atoms with Crippen molar-refractivity contribution in [2.24, 2.45) is 0 Å². The van der Waals surface area contributed by atoms with Crippen LogP contribution in [0.2, 0.25) is 5.02 Å². The molecule has 2 atom stereocenters. The van der Waals surface area contributed by atoms with Crippen molar-refractivity contribution in [3.05, 3.63) is 65.7 Å². The number of halogens is 1. The first kappa shape index (κ1) is 25.0. The molecule has 7 nitrogen and oxygen atoms in total. The number of aliphatic hydroxyl groups excluding tert-OH is 1. The molecule has 1 aliphatic rings. The van der Waals surface area contributed by atoms with Gasteiger partial charge in [0, 0.05) is 43.1 Å². The van der Waals surface area contributed by atoms with Crippen molar-refractivity contribution in [2.45, 2.75) is 36.5 Å². The third-order valence-electron chi connectivity index (χ3n) is 4.76. The van der Waals surface area contributed by atoms with Crippen molar-refractivity contribution in [3.63, 3.8) is 0 Å². The van der Waals surface area contributed by atoms with Gasteiger partial charge in [0.2, 0.25) is 10.0 Å². The van der Waals surface area contributed by atoms with Crippen molar-refractivity contribution in [2.75, 3.05) is 6.54 Å². The number of rotatable bonds is 6. The topological polar surface area (TPSA) is 105 Å². The largest absolute Gasteiger partial charge is 0.485 e. The SMILES string of the molecule is [CH2-]NCC(=O)c1ccc2c(c1)[C@@H](NS(=O)(=O)c1ccc(Cl)cc1)[C@H](O)C(C)(C)O2.[Pd]. The van der Waals surface area contributed by atoms with Crippen molar-refractivity contribution < 1.29 is 43.5 Å². The van der Waals surface area contributed by atoms with E-state index in [0.29, 0.717) is 21.9 Å². The summed E-state index contributed by atoms with van der Waals surface area (Å²) in [5, 5.41) is 13.8. The number of benzene rings is 2. The average Bonchev–Trinajstić information content (AvgIpc) is 2.65. The van der Waals surface area contributed by atoms with Gasteiger partial charge in [0.15, 0.2) is 5.78 Å². The molecule has 0 amide bonds. The number of ketones is 1. The molecule has 1 aliphatic heterocycles. The predicted molar refractivity (Wildman–Crippen MR) is 109 cm³/mol. The number of nitrogens with one attached hydrogen (secondary N) is 2. The van der Waals surface area contributed by atoms with Crippen LogP contribution in [-0.2, 0) is 30.4 Å². The molecule has 0 spiro atoms. The van der Waals surface area contributed by atoms with Gasteiger partial charge in [0.05, 0.1) is 10.9 Å². The van der Waals surface area contributed by atoms with Gasteiger partial charge in [-0.2, -0.15) is 0 Å². The van der Waals surface area contributed by atoms with E-state index < -0.39 is 27.8 Å². The quantitative estimate of drug-likeness (QED) is 0.293. The van der Waals surface area contributed by atoms with Crippen LogP contribution in [-0.4, -0.2) is 37.6 Å². The van der Waals surface area contributed by atoms with Gasteiger partial charge in [0.1, 0.15) is 17.5 Å². The minimum atomic E-state index is -3.98. The van der Waals surface area contributed by atoms with Gasteiger partial charge < -0.3 is 15.2 Å². The van der Waals surface area contributed by atoms with E-state index in [9.17, 15) is 18.3 Å². The Morgan fingerprint density at radius 2 is 1.87 bits per heavy atom. The molecule has 0 aromatic heterocycles. The second-order valence-corrected chi connectivity index (χ2v) is 9.46. The number of hydrogen-bond donors (Lipinski definition) is 3. The molecule has 0 fully saturated rings. The zero-order valence-electron chi connectivity index (χ0n) is 16.3. The number of carbonyl (C=O) groups excluding carboxylic acids is 1. The number of sulfonamides is 1. The number of aliphatic hydroxyl groups is 1. The molecular formula is C20H22ClN2O5PdS-. The van der Waals surface area contributed by atoms with Crippen molar-refractivity contribution in [1.29, 1.82) is 0 Å². The van der Waals surface area contributed by atoms with Gasteiger partial charge in [-0.15, -0.1) is 0 Å². The number of Topliss-reactive ketones (excluding diaryl/α,β-unsaturated/α-hetero) is 1. The number of hydrogen-bond acceptors (Lipinski definition) is 6. The minimum absolute atomic E-state index is 0. The summed E-state index contributed by atoms with van der Waals surface area (Å²) in [6, 6.07) is 9.40. The van der Waals surface area contributed by atoms with E-state index in [-0.39, 0.29) is 37.6 Å². The van der Waals surface area contributed by atoms with E-state index in [1.165, 1.54) is 30.3 Å². The van der Waals surface area contributed by atoms with Gasteiger partial charge in [-0.25, -0.2) is 13.1 Å². The van der Waals surface area contributed by atoms with Crippen LogP contribution in [0.1, 0.15) is 35.8 Å². The monoisotopic (exact) mass is 543 g/mol. The summed E-state index contributed by atoms with van der Waals surface area (Å²) in [4.78, 5) is 12.2. The molecule has 0 saturated heterocycles. The maximum atomic E-state index is 12.9.